The van der Waals surface area contributed by atoms with E-state index in [0.29, 0.717) is 12.2 Å². The number of rotatable bonds is 3. The lowest BCUT2D eigenvalue weighted by Gasteiger charge is -2.30. The van der Waals surface area contributed by atoms with Gasteiger partial charge in [-0.05, 0) is 43.5 Å². The summed E-state index contributed by atoms with van der Waals surface area (Å²) in [4.78, 5) is 17.4. The van der Waals surface area contributed by atoms with Gasteiger partial charge in [0.05, 0.1) is 12.2 Å². The number of benzene rings is 1. The molecule has 0 amide bonds. The van der Waals surface area contributed by atoms with E-state index >= 15 is 0 Å². The fraction of sp³-hybridized carbons (Fsp3) is 0.312. The van der Waals surface area contributed by atoms with Crippen LogP contribution in [-0.4, -0.2) is 23.9 Å². The van der Waals surface area contributed by atoms with Gasteiger partial charge >= 0.3 is 0 Å². The average molecular weight is 254 g/mol. The number of aromatic amines is 1. The fourth-order valence-electron chi connectivity index (χ4n) is 2.73. The molecule has 0 saturated heterocycles. The zero-order valence-electron chi connectivity index (χ0n) is 11.1. The van der Waals surface area contributed by atoms with Crippen LogP contribution in [0.25, 0.3) is 0 Å². The van der Waals surface area contributed by atoms with Crippen molar-refractivity contribution in [1.29, 1.82) is 0 Å². The summed E-state index contributed by atoms with van der Waals surface area (Å²) in [5.74, 6) is 0.151. The van der Waals surface area contributed by atoms with Gasteiger partial charge in [-0.3, -0.25) is 4.79 Å². The predicted octanol–water partition coefficient (Wildman–Crippen LogP) is 2.96. The van der Waals surface area contributed by atoms with Gasteiger partial charge in [0, 0.05) is 18.4 Å². The van der Waals surface area contributed by atoms with Crippen molar-refractivity contribution >= 4 is 11.5 Å². The first-order chi connectivity index (χ1) is 9.24. The standard InChI is InChI=1S/C16H18N2O/c1-12-6-7-15-13(10-12)4-3-9-18(15)11-16(19)14-5-2-8-17-14/h2,5-8,10,17H,3-4,9,11H2,1H3. The quantitative estimate of drug-likeness (QED) is 0.855. The number of aromatic nitrogens is 1. The zero-order chi connectivity index (χ0) is 13.2. The molecule has 0 bridgehead atoms. The summed E-state index contributed by atoms with van der Waals surface area (Å²) in [7, 11) is 0. The molecular formula is C16H18N2O. The molecule has 19 heavy (non-hydrogen) atoms. The highest BCUT2D eigenvalue weighted by Crippen LogP contribution is 2.27. The minimum atomic E-state index is 0.151. The molecule has 0 atom stereocenters. The Balaban J connectivity index is 1.82. The first-order valence-corrected chi connectivity index (χ1v) is 6.75. The third-order valence-electron chi connectivity index (χ3n) is 3.68. The number of nitrogens with one attached hydrogen (secondary N) is 1. The second-order valence-electron chi connectivity index (χ2n) is 5.16. The summed E-state index contributed by atoms with van der Waals surface area (Å²) < 4.78 is 0. The van der Waals surface area contributed by atoms with Gasteiger partial charge in [-0.25, -0.2) is 0 Å². The Labute approximate surface area is 113 Å². The van der Waals surface area contributed by atoms with Gasteiger partial charge in [0.1, 0.15) is 0 Å². The molecule has 1 aliphatic heterocycles. The highest BCUT2D eigenvalue weighted by molar-refractivity contribution is 5.97. The lowest BCUT2D eigenvalue weighted by atomic mass is 9.99. The number of hydrogen-bond acceptors (Lipinski definition) is 2. The number of Topliss-reactive ketones (excluding diaryl/α,β-unsaturated/α-hetero) is 1. The van der Waals surface area contributed by atoms with E-state index < -0.39 is 0 Å². The minimum Gasteiger partial charge on any atom is -0.364 e. The maximum Gasteiger partial charge on any atom is 0.198 e. The molecule has 0 unspecified atom stereocenters. The van der Waals surface area contributed by atoms with Gasteiger partial charge in [0.25, 0.3) is 0 Å². The van der Waals surface area contributed by atoms with E-state index in [-0.39, 0.29) is 5.78 Å². The Morgan fingerprint density at radius 1 is 1.37 bits per heavy atom. The van der Waals surface area contributed by atoms with Gasteiger partial charge in [-0.1, -0.05) is 17.7 Å². The number of aryl methyl sites for hydroxylation is 2. The molecular weight excluding hydrogens is 236 g/mol. The molecule has 3 nitrogen and oxygen atoms in total. The van der Waals surface area contributed by atoms with Crippen LogP contribution in [0.15, 0.2) is 36.5 Å². The molecule has 0 spiro atoms. The Bertz CT molecular complexity index is 587. The average Bonchev–Trinajstić information content (AvgIpc) is 2.92. The second-order valence-corrected chi connectivity index (χ2v) is 5.16. The number of anilines is 1. The zero-order valence-corrected chi connectivity index (χ0v) is 11.1. The molecule has 0 saturated carbocycles. The number of ketones is 1. The summed E-state index contributed by atoms with van der Waals surface area (Å²) in [6.07, 6.45) is 4.03. The molecule has 0 fully saturated rings. The van der Waals surface area contributed by atoms with Crippen molar-refractivity contribution in [3.05, 3.63) is 53.3 Å². The fourth-order valence-corrected chi connectivity index (χ4v) is 2.73. The maximum atomic E-state index is 12.2. The highest BCUT2D eigenvalue weighted by Gasteiger charge is 2.19. The van der Waals surface area contributed by atoms with Crippen molar-refractivity contribution in [1.82, 2.24) is 4.98 Å². The van der Waals surface area contributed by atoms with Gasteiger partial charge < -0.3 is 9.88 Å². The number of carbonyl (C=O) groups excluding carboxylic acids is 1. The third kappa shape index (κ3) is 2.41. The first kappa shape index (κ1) is 12.0. The van der Waals surface area contributed by atoms with Crippen LogP contribution in [0, 0.1) is 6.92 Å². The summed E-state index contributed by atoms with van der Waals surface area (Å²) in [6, 6.07) is 10.2. The van der Waals surface area contributed by atoms with Crippen LogP contribution in [0.3, 0.4) is 0 Å². The molecule has 1 aliphatic rings. The summed E-state index contributed by atoms with van der Waals surface area (Å²) in [6.45, 7) is 3.53. The summed E-state index contributed by atoms with van der Waals surface area (Å²) in [5, 5.41) is 0. The van der Waals surface area contributed by atoms with E-state index in [2.05, 4.69) is 35.0 Å². The SMILES string of the molecule is Cc1ccc2c(c1)CCCN2CC(=O)c1ccc[nH]1. The smallest absolute Gasteiger partial charge is 0.198 e. The Morgan fingerprint density at radius 2 is 2.26 bits per heavy atom. The summed E-state index contributed by atoms with van der Waals surface area (Å²) >= 11 is 0. The Kier molecular flexibility index (Phi) is 3.11. The molecule has 0 radical (unpaired) electrons. The number of carbonyl (C=O) groups is 1. The largest absolute Gasteiger partial charge is 0.364 e. The van der Waals surface area contributed by atoms with Gasteiger partial charge in [0.2, 0.25) is 0 Å². The Hall–Kier alpha value is -2.03. The maximum absolute atomic E-state index is 12.2. The lowest BCUT2D eigenvalue weighted by Crippen LogP contribution is -2.34. The summed E-state index contributed by atoms with van der Waals surface area (Å²) in [5.41, 5.74) is 4.57. The van der Waals surface area contributed by atoms with Crippen LogP contribution in [-0.2, 0) is 6.42 Å². The van der Waals surface area contributed by atoms with Crippen LogP contribution >= 0.6 is 0 Å². The van der Waals surface area contributed by atoms with E-state index in [0.717, 1.165) is 19.4 Å². The lowest BCUT2D eigenvalue weighted by molar-refractivity contribution is 0.0994. The van der Waals surface area contributed by atoms with E-state index in [1.165, 1.54) is 16.8 Å². The topological polar surface area (TPSA) is 36.1 Å². The van der Waals surface area contributed by atoms with Crippen molar-refractivity contribution in [2.24, 2.45) is 0 Å². The molecule has 1 aromatic heterocycles. The van der Waals surface area contributed by atoms with Crippen molar-refractivity contribution in [3.63, 3.8) is 0 Å². The van der Waals surface area contributed by atoms with Crippen molar-refractivity contribution in [2.45, 2.75) is 19.8 Å². The number of H-pyrrole nitrogens is 1. The molecule has 98 valence electrons. The molecule has 3 rings (SSSR count). The van der Waals surface area contributed by atoms with Crippen molar-refractivity contribution < 1.29 is 4.79 Å². The van der Waals surface area contributed by atoms with Gasteiger partial charge in [0.15, 0.2) is 5.78 Å². The molecule has 1 aromatic carbocycles. The number of hydrogen-bond donors (Lipinski definition) is 1. The van der Waals surface area contributed by atoms with Crippen LogP contribution in [0.4, 0.5) is 5.69 Å². The Morgan fingerprint density at radius 3 is 3.05 bits per heavy atom. The van der Waals surface area contributed by atoms with Crippen molar-refractivity contribution in [3.8, 4) is 0 Å². The van der Waals surface area contributed by atoms with E-state index in [9.17, 15) is 4.79 Å². The van der Waals surface area contributed by atoms with Crippen molar-refractivity contribution in [2.75, 3.05) is 18.0 Å². The van der Waals surface area contributed by atoms with E-state index in [1.807, 2.05) is 12.1 Å². The molecule has 0 aliphatic carbocycles. The first-order valence-electron chi connectivity index (χ1n) is 6.75. The van der Waals surface area contributed by atoms with E-state index in [4.69, 9.17) is 0 Å². The normalized spacial score (nSPS) is 14.3. The van der Waals surface area contributed by atoms with Crippen LogP contribution < -0.4 is 4.90 Å². The van der Waals surface area contributed by atoms with E-state index in [1.54, 1.807) is 6.20 Å². The minimum absolute atomic E-state index is 0.151. The molecule has 3 heteroatoms. The third-order valence-corrected chi connectivity index (χ3v) is 3.68. The molecule has 1 N–H and O–H groups in total. The van der Waals surface area contributed by atoms with Gasteiger partial charge in [-0.2, -0.15) is 0 Å². The highest BCUT2D eigenvalue weighted by atomic mass is 16.1. The van der Waals surface area contributed by atoms with Crippen LogP contribution in [0.5, 0.6) is 0 Å². The van der Waals surface area contributed by atoms with Crippen LogP contribution in [0.2, 0.25) is 0 Å². The monoisotopic (exact) mass is 254 g/mol. The number of fused-ring (bicyclic) bond motifs is 1. The molecule has 2 heterocycles. The molecule has 2 aromatic rings. The van der Waals surface area contributed by atoms with Gasteiger partial charge in [-0.15, -0.1) is 0 Å². The predicted molar refractivity (Wildman–Crippen MR) is 76.8 cm³/mol. The second kappa shape index (κ2) is 4.92. The van der Waals surface area contributed by atoms with Crippen LogP contribution in [0.1, 0.15) is 28.0 Å². The number of nitrogens with zero attached hydrogens (tertiary/aromatic N) is 1.